The van der Waals surface area contributed by atoms with Gasteiger partial charge in [-0.3, -0.25) is 4.79 Å². The lowest BCUT2D eigenvalue weighted by molar-refractivity contribution is -0.118. The molecule has 4 bridgehead atoms. The highest BCUT2D eigenvalue weighted by Gasteiger charge is 2.51. The molecule has 0 atom stereocenters. The van der Waals surface area contributed by atoms with E-state index in [1.54, 1.807) is 18.2 Å². The fraction of sp³-hybridized carbons (Fsp3) is 0.462. The Morgan fingerprint density at radius 3 is 2.31 bits per heavy atom. The van der Waals surface area contributed by atoms with E-state index < -0.39 is 0 Å². The van der Waals surface area contributed by atoms with Crippen molar-refractivity contribution in [2.75, 3.05) is 19.0 Å². The van der Waals surface area contributed by atoms with Crippen LogP contribution in [0.25, 0.3) is 0 Å². The van der Waals surface area contributed by atoms with Gasteiger partial charge in [0.2, 0.25) is 0 Å². The van der Waals surface area contributed by atoms with Crippen LogP contribution in [-0.4, -0.2) is 31.0 Å². The molecule has 2 N–H and O–H groups in total. The fourth-order valence-corrected chi connectivity index (χ4v) is 6.66. The number of rotatable bonds is 7. The number of carbonyl (C=O) groups is 1. The Bertz CT molecular complexity index is 980. The molecule has 0 spiro atoms. The Morgan fingerprint density at radius 1 is 1.06 bits per heavy atom. The number of oxime groups is 1. The van der Waals surface area contributed by atoms with Crippen LogP contribution < -0.4 is 14.8 Å². The Hall–Kier alpha value is -3.02. The summed E-state index contributed by atoms with van der Waals surface area (Å²) in [4.78, 5) is 12.4. The van der Waals surface area contributed by atoms with Crippen molar-refractivity contribution in [1.29, 1.82) is 0 Å². The first kappa shape index (κ1) is 20.9. The summed E-state index contributed by atoms with van der Waals surface area (Å²) in [6.45, 7) is -0.124. The molecule has 1 amide bonds. The second kappa shape index (κ2) is 8.49. The van der Waals surface area contributed by atoms with Gasteiger partial charge in [-0.25, -0.2) is 0 Å². The van der Waals surface area contributed by atoms with Crippen LogP contribution in [0.5, 0.6) is 11.5 Å². The summed E-state index contributed by atoms with van der Waals surface area (Å²) >= 11 is 0. The van der Waals surface area contributed by atoms with Gasteiger partial charge < -0.3 is 20.0 Å². The Kier molecular flexibility index (Phi) is 5.53. The Morgan fingerprint density at radius 2 is 1.72 bits per heavy atom. The van der Waals surface area contributed by atoms with Gasteiger partial charge in [-0.1, -0.05) is 17.3 Å². The smallest absolute Gasteiger partial charge is 0.262 e. The molecule has 32 heavy (non-hydrogen) atoms. The molecule has 2 aromatic rings. The van der Waals surface area contributed by atoms with E-state index >= 15 is 0 Å². The average molecular weight is 435 g/mol. The lowest BCUT2D eigenvalue weighted by Crippen LogP contribution is -2.48. The van der Waals surface area contributed by atoms with E-state index in [-0.39, 0.29) is 12.5 Å². The lowest BCUT2D eigenvalue weighted by atomic mass is 9.48. The normalized spacial score (nSPS) is 28.1. The van der Waals surface area contributed by atoms with E-state index in [1.165, 1.54) is 57.4 Å². The number of methoxy groups -OCH3 is 1. The van der Waals surface area contributed by atoms with E-state index in [0.717, 1.165) is 23.4 Å². The van der Waals surface area contributed by atoms with Crippen LogP contribution in [0.1, 0.15) is 49.7 Å². The lowest BCUT2D eigenvalue weighted by Gasteiger charge is -2.57. The molecule has 0 radical (unpaired) electrons. The minimum absolute atomic E-state index is 0.124. The molecule has 4 saturated carbocycles. The molecular weight excluding hydrogens is 404 g/mol. The quantitative estimate of drug-likeness (QED) is 0.366. The van der Waals surface area contributed by atoms with Crippen molar-refractivity contribution in [3.8, 4) is 11.5 Å². The second-order valence-electron chi connectivity index (χ2n) is 9.77. The number of hydrogen-bond donors (Lipinski definition) is 2. The van der Waals surface area contributed by atoms with Gasteiger partial charge in [0.05, 0.1) is 13.3 Å². The summed E-state index contributed by atoms with van der Waals surface area (Å²) < 4.78 is 10.9. The molecule has 0 aliphatic heterocycles. The van der Waals surface area contributed by atoms with Crippen LogP contribution in [0.4, 0.5) is 5.69 Å². The van der Waals surface area contributed by atoms with Gasteiger partial charge in [0.15, 0.2) is 18.1 Å². The van der Waals surface area contributed by atoms with Crippen LogP contribution in [0.3, 0.4) is 0 Å². The minimum Gasteiger partial charge on any atom is -0.493 e. The van der Waals surface area contributed by atoms with Crippen molar-refractivity contribution in [1.82, 2.24) is 0 Å². The van der Waals surface area contributed by atoms with Crippen molar-refractivity contribution in [3.05, 3.63) is 53.6 Å². The van der Waals surface area contributed by atoms with E-state index in [1.807, 2.05) is 12.1 Å². The zero-order valence-corrected chi connectivity index (χ0v) is 18.4. The molecule has 168 valence electrons. The number of ether oxygens (including phenoxy) is 2. The van der Waals surface area contributed by atoms with Gasteiger partial charge in [-0.2, -0.15) is 0 Å². The number of benzene rings is 2. The predicted octanol–water partition coefficient (Wildman–Crippen LogP) is 4.99. The molecule has 6 nitrogen and oxygen atoms in total. The standard InChI is InChI=1S/C26H30N2O4/c1-31-24-11-17(15-27-30)2-7-23(24)32-16-25(29)28-22-5-3-21(4-6-22)26-12-18-8-19(13-26)10-20(9-18)14-26/h2-7,11,15,18-20,30H,8-10,12-14,16H2,1H3,(H,28,29)/b27-15-. The maximum atomic E-state index is 12.4. The third-order valence-electron chi connectivity index (χ3n) is 7.57. The second-order valence-corrected chi connectivity index (χ2v) is 9.77. The molecule has 0 unspecified atom stereocenters. The first-order valence-electron chi connectivity index (χ1n) is 11.5. The molecule has 6 heteroatoms. The summed E-state index contributed by atoms with van der Waals surface area (Å²) in [7, 11) is 1.52. The average Bonchev–Trinajstić information content (AvgIpc) is 2.78. The van der Waals surface area contributed by atoms with E-state index in [2.05, 4.69) is 22.6 Å². The van der Waals surface area contributed by atoms with Crippen LogP contribution in [0, 0.1) is 17.8 Å². The summed E-state index contributed by atoms with van der Waals surface area (Å²) in [6, 6.07) is 13.6. The van der Waals surface area contributed by atoms with Gasteiger partial charge in [-0.05, 0) is 97.6 Å². The van der Waals surface area contributed by atoms with Crippen molar-refractivity contribution in [2.45, 2.75) is 43.9 Å². The van der Waals surface area contributed by atoms with Gasteiger partial charge in [0.25, 0.3) is 5.91 Å². The van der Waals surface area contributed by atoms with Crippen LogP contribution in [-0.2, 0) is 10.2 Å². The zero-order chi connectivity index (χ0) is 22.1. The Labute approximate surface area is 188 Å². The molecule has 0 saturated heterocycles. The van der Waals surface area contributed by atoms with Crippen molar-refractivity contribution in [3.63, 3.8) is 0 Å². The van der Waals surface area contributed by atoms with E-state index in [0.29, 0.717) is 22.5 Å². The number of nitrogens with one attached hydrogen (secondary N) is 1. The SMILES string of the molecule is COc1cc(/C=N\O)ccc1OCC(=O)Nc1ccc(C23CC4CC(CC(C4)C2)C3)cc1. The number of nitrogens with zero attached hydrogens (tertiary/aromatic N) is 1. The zero-order valence-electron chi connectivity index (χ0n) is 18.4. The number of anilines is 1. The predicted molar refractivity (Wildman–Crippen MR) is 123 cm³/mol. The third kappa shape index (κ3) is 4.06. The molecule has 6 rings (SSSR count). The largest absolute Gasteiger partial charge is 0.493 e. The molecule has 4 aliphatic carbocycles. The Balaban J connectivity index is 1.20. The summed E-state index contributed by atoms with van der Waals surface area (Å²) in [6.07, 6.45) is 9.63. The van der Waals surface area contributed by atoms with Gasteiger partial charge in [-0.15, -0.1) is 0 Å². The summed E-state index contributed by atoms with van der Waals surface area (Å²) in [5.41, 5.74) is 3.26. The van der Waals surface area contributed by atoms with Crippen molar-refractivity contribution < 1.29 is 19.5 Å². The summed E-state index contributed by atoms with van der Waals surface area (Å²) in [5.74, 6) is 3.44. The number of amides is 1. The molecule has 2 aromatic carbocycles. The molecular formula is C26H30N2O4. The third-order valence-corrected chi connectivity index (χ3v) is 7.57. The molecule has 0 heterocycles. The monoisotopic (exact) mass is 434 g/mol. The molecule has 4 fully saturated rings. The van der Waals surface area contributed by atoms with E-state index in [9.17, 15) is 4.79 Å². The van der Waals surface area contributed by atoms with Gasteiger partial charge >= 0.3 is 0 Å². The van der Waals surface area contributed by atoms with E-state index in [4.69, 9.17) is 14.7 Å². The minimum atomic E-state index is -0.226. The van der Waals surface area contributed by atoms with Crippen molar-refractivity contribution in [2.24, 2.45) is 22.9 Å². The highest BCUT2D eigenvalue weighted by molar-refractivity contribution is 5.92. The maximum Gasteiger partial charge on any atom is 0.262 e. The van der Waals surface area contributed by atoms with Gasteiger partial charge in [0.1, 0.15) is 0 Å². The number of carbonyl (C=O) groups excluding carboxylic acids is 1. The number of hydrogen-bond acceptors (Lipinski definition) is 5. The molecule has 4 aliphatic rings. The van der Waals surface area contributed by atoms with Crippen LogP contribution in [0.2, 0.25) is 0 Å². The van der Waals surface area contributed by atoms with Crippen LogP contribution in [0.15, 0.2) is 47.6 Å². The highest BCUT2D eigenvalue weighted by Crippen LogP contribution is 2.60. The van der Waals surface area contributed by atoms with Crippen molar-refractivity contribution >= 4 is 17.8 Å². The van der Waals surface area contributed by atoms with Crippen LogP contribution >= 0.6 is 0 Å². The first-order chi connectivity index (χ1) is 15.6. The maximum absolute atomic E-state index is 12.4. The van der Waals surface area contributed by atoms with Gasteiger partial charge in [0, 0.05) is 11.3 Å². The summed E-state index contributed by atoms with van der Waals surface area (Å²) in [5, 5.41) is 14.6. The highest BCUT2D eigenvalue weighted by atomic mass is 16.5. The molecule has 0 aromatic heterocycles. The first-order valence-corrected chi connectivity index (χ1v) is 11.5. The fourth-order valence-electron chi connectivity index (χ4n) is 6.66. The topological polar surface area (TPSA) is 80.2 Å².